The van der Waals surface area contributed by atoms with Gasteiger partial charge < -0.3 is 15.1 Å². The number of imide groups is 1. The number of halogens is 1. The highest BCUT2D eigenvalue weighted by Gasteiger charge is 2.56. The Morgan fingerprint density at radius 2 is 1.67 bits per heavy atom. The molecule has 1 aliphatic carbocycles. The summed E-state index contributed by atoms with van der Waals surface area (Å²) in [6.07, 6.45) is 6.51. The lowest BCUT2D eigenvalue weighted by molar-refractivity contribution is -0.140. The van der Waals surface area contributed by atoms with E-state index in [-0.39, 0.29) is 36.8 Å². The van der Waals surface area contributed by atoms with Crippen molar-refractivity contribution in [3.63, 3.8) is 0 Å². The van der Waals surface area contributed by atoms with Gasteiger partial charge in [-0.1, -0.05) is 19.3 Å². The second kappa shape index (κ2) is 7.95. The van der Waals surface area contributed by atoms with Gasteiger partial charge in [0.2, 0.25) is 5.91 Å². The Morgan fingerprint density at radius 3 is 2.26 bits per heavy atom. The molecule has 0 aromatic rings. The Morgan fingerprint density at radius 1 is 1.07 bits per heavy atom. The first-order valence-electron chi connectivity index (χ1n) is 10.1. The molecule has 27 heavy (non-hydrogen) atoms. The van der Waals surface area contributed by atoms with Crippen LogP contribution in [0.2, 0.25) is 0 Å². The summed E-state index contributed by atoms with van der Waals surface area (Å²) in [5.74, 6) is 1.06. The fraction of sp³-hybridized carbons (Fsp3) is 0.842. The first-order valence-corrected chi connectivity index (χ1v) is 10.1. The van der Waals surface area contributed by atoms with Gasteiger partial charge in [-0.2, -0.15) is 0 Å². The Labute approximate surface area is 167 Å². The molecule has 3 aliphatic heterocycles. The first kappa shape index (κ1) is 20.4. The molecule has 1 saturated carbocycles. The number of likely N-dealkylation sites (N-methyl/N-ethyl adjacent to an activating group) is 1. The van der Waals surface area contributed by atoms with E-state index < -0.39 is 5.54 Å². The number of fused-ring (bicyclic) bond motifs is 1. The largest absolute Gasteiger partial charge is 0.341 e. The third-order valence-corrected chi connectivity index (χ3v) is 7.15. The maximum Gasteiger partial charge on any atom is 0.327 e. The topological polar surface area (TPSA) is 73.0 Å². The van der Waals surface area contributed by atoms with Gasteiger partial charge in [-0.05, 0) is 50.6 Å². The maximum atomic E-state index is 13.0. The van der Waals surface area contributed by atoms with Crippen molar-refractivity contribution in [2.75, 3.05) is 39.8 Å². The normalized spacial score (nSPS) is 30.3. The summed E-state index contributed by atoms with van der Waals surface area (Å²) in [5, 5.41) is 3.44. The molecule has 7 nitrogen and oxygen atoms in total. The van der Waals surface area contributed by atoms with E-state index >= 15 is 0 Å². The van der Waals surface area contributed by atoms with Gasteiger partial charge >= 0.3 is 6.03 Å². The van der Waals surface area contributed by atoms with E-state index in [1.165, 1.54) is 4.90 Å². The molecule has 1 N–H and O–H groups in total. The molecule has 3 heterocycles. The monoisotopic (exact) mass is 398 g/mol. The van der Waals surface area contributed by atoms with Crippen LogP contribution < -0.4 is 5.32 Å². The summed E-state index contributed by atoms with van der Waals surface area (Å²) < 4.78 is 0. The molecule has 152 valence electrons. The Balaban J connectivity index is 0.00000210. The van der Waals surface area contributed by atoms with Crippen molar-refractivity contribution in [2.45, 2.75) is 50.5 Å². The third kappa shape index (κ3) is 3.44. The second-order valence-corrected chi connectivity index (χ2v) is 8.46. The van der Waals surface area contributed by atoms with Gasteiger partial charge in [0.15, 0.2) is 0 Å². The van der Waals surface area contributed by atoms with E-state index in [4.69, 9.17) is 0 Å². The van der Waals surface area contributed by atoms with Crippen molar-refractivity contribution in [3.8, 4) is 0 Å². The highest BCUT2D eigenvalue weighted by atomic mass is 35.5. The summed E-state index contributed by atoms with van der Waals surface area (Å²) in [5.41, 5.74) is -0.697. The van der Waals surface area contributed by atoms with Crippen LogP contribution >= 0.6 is 12.4 Å². The molecule has 2 atom stereocenters. The molecule has 0 aromatic carbocycles. The van der Waals surface area contributed by atoms with Crippen LogP contribution in [0.3, 0.4) is 0 Å². The van der Waals surface area contributed by atoms with Crippen LogP contribution in [0.1, 0.15) is 44.9 Å². The van der Waals surface area contributed by atoms with Crippen LogP contribution in [-0.4, -0.2) is 77.9 Å². The quantitative estimate of drug-likeness (QED) is 0.715. The lowest BCUT2D eigenvalue weighted by Crippen LogP contribution is -2.49. The van der Waals surface area contributed by atoms with Crippen molar-refractivity contribution < 1.29 is 14.4 Å². The van der Waals surface area contributed by atoms with Crippen molar-refractivity contribution in [2.24, 2.45) is 11.8 Å². The Bertz CT molecular complexity index is 594. The summed E-state index contributed by atoms with van der Waals surface area (Å²) in [4.78, 5) is 43.2. The number of rotatable bonds is 2. The van der Waals surface area contributed by atoms with Gasteiger partial charge in [-0.25, -0.2) is 4.79 Å². The molecule has 0 unspecified atom stereocenters. The number of carbonyl (C=O) groups is 3. The number of nitrogens with zero attached hydrogens (tertiary/aromatic N) is 3. The molecule has 0 aromatic heterocycles. The average Bonchev–Trinajstić information content (AvgIpc) is 3.09. The molecule has 3 saturated heterocycles. The zero-order valence-corrected chi connectivity index (χ0v) is 16.9. The van der Waals surface area contributed by atoms with Crippen molar-refractivity contribution in [3.05, 3.63) is 0 Å². The number of likely N-dealkylation sites (tertiary alicyclic amines) is 1. The molecule has 1 spiro atoms. The minimum atomic E-state index is -0.697. The fourth-order valence-corrected chi connectivity index (χ4v) is 5.37. The number of nitrogens with one attached hydrogen (secondary N) is 1. The van der Waals surface area contributed by atoms with E-state index in [0.29, 0.717) is 11.8 Å². The average molecular weight is 399 g/mol. The van der Waals surface area contributed by atoms with E-state index in [1.54, 1.807) is 11.9 Å². The Kier molecular flexibility index (Phi) is 6.01. The van der Waals surface area contributed by atoms with Crippen LogP contribution in [0.25, 0.3) is 0 Å². The summed E-state index contributed by atoms with van der Waals surface area (Å²) in [6, 6.07) is -0.304. The molecule has 4 aliphatic rings. The molecule has 4 fully saturated rings. The second-order valence-electron chi connectivity index (χ2n) is 8.46. The lowest BCUT2D eigenvalue weighted by Gasteiger charge is -2.35. The van der Waals surface area contributed by atoms with Gasteiger partial charge in [0.05, 0.1) is 0 Å². The molecule has 4 amide bonds. The number of carbonyl (C=O) groups excluding carboxylic acids is 3. The predicted molar refractivity (Wildman–Crippen MR) is 104 cm³/mol. The van der Waals surface area contributed by atoms with Crippen LogP contribution in [0.15, 0.2) is 0 Å². The fourth-order valence-electron chi connectivity index (χ4n) is 5.37. The lowest BCUT2D eigenvalue weighted by atomic mass is 9.81. The number of urea groups is 1. The van der Waals surface area contributed by atoms with E-state index in [9.17, 15) is 14.4 Å². The molecular weight excluding hydrogens is 368 g/mol. The predicted octanol–water partition coefficient (Wildman–Crippen LogP) is 1.46. The maximum absolute atomic E-state index is 13.0. The summed E-state index contributed by atoms with van der Waals surface area (Å²) in [7, 11) is 1.72. The highest BCUT2D eigenvalue weighted by molar-refractivity contribution is 6.08. The number of hydrogen-bond acceptors (Lipinski definition) is 4. The molecule has 8 heteroatoms. The Hall–Kier alpha value is -1.34. The zero-order chi connectivity index (χ0) is 18.3. The van der Waals surface area contributed by atoms with Crippen LogP contribution in [0, 0.1) is 11.8 Å². The highest BCUT2D eigenvalue weighted by Crippen LogP contribution is 2.39. The van der Waals surface area contributed by atoms with Gasteiger partial charge in [0.25, 0.3) is 5.91 Å². The van der Waals surface area contributed by atoms with Gasteiger partial charge in [0.1, 0.15) is 12.1 Å². The standard InChI is InChI=1S/C19H30N4O3.ClH/c1-21-18(26)23(17(25)19(21)7-3-2-4-8-19)13-16(24)22-9-5-14-11-20-12-15(14)6-10-22;/h14-15,20H,2-13H2,1H3;1H/t14-,15+;. The van der Waals surface area contributed by atoms with Crippen molar-refractivity contribution in [1.82, 2.24) is 20.0 Å². The first-order chi connectivity index (χ1) is 12.5. The zero-order valence-electron chi connectivity index (χ0n) is 16.1. The number of hydrogen-bond donors (Lipinski definition) is 1. The summed E-state index contributed by atoms with van der Waals surface area (Å²) >= 11 is 0. The van der Waals surface area contributed by atoms with Crippen LogP contribution in [0.5, 0.6) is 0 Å². The van der Waals surface area contributed by atoms with Crippen molar-refractivity contribution in [1.29, 1.82) is 0 Å². The minimum absolute atomic E-state index is 0. The van der Waals surface area contributed by atoms with E-state index in [0.717, 1.165) is 71.1 Å². The van der Waals surface area contributed by atoms with Gasteiger partial charge in [-0.15, -0.1) is 12.4 Å². The molecule has 0 radical (unpaired) electrons. The van der Waals surface area contributed by atoms with Crippen LogP contribution in [-0.2, 0) is 9.59 Å². The van der Waals surface area contributed by atoms with E-state index in [2.05, 4.69) is 5.32 Å². The SMILES string of the molecule is CN1C(=O)N(CC(=O)N2CC[C@@H]3CNC[C@@H]3CC2)C(=O)C12CCCCC2.Cl. The third-order valence-electron chi connectivity index (χ3n) is 7.15. The molecular formula is C19H31ClN4O3. The molecule has 4 rings (SSSR count). The molecule has 0 bridgehead atoms. The van der Waals surface area contributed by atoms with Gasteiger partial charge in [-0.3, -0.25) is 14.5 Å². The van der Waals surface area contributed by atoms with Crippen LogP contribution in [0.4, 0.5) is 4.79 Å². The number of amides is 4. The summed E-state index contributed by atoms with van der Waals surface area (Å²) in [6.45, 7) is 3.46. The minimum Gasteiger partial charge on any atom is -0.341 e. The van der Waals surface area contributed by atoms with E-state index in [1.807, 2.05) is 4.90 Å². The van der Waals surface area contributed by atoms with Crippen molar-refractivity contribution >= 4 is 30.3 Å². The van der Waals surface area contributed by atoms with Gasteiger partial charge in [0, 0.05) is 20.1 Å². The smallest absolute Gasteiger partial charge is 0.327 e.